The van der Waals surface area contributed by atoms with Gasteiger partial charge in [-0.05, 0) is 25.3 Å². The molecule has 1 N–H and O–H groups in total. The first-order valence-corrected chi connectivity index (χ1v) is 7.80. The first-order chi connectivity index (χ1) is 12.3. The van der Waals surface area contributed by atoms with Crippen molar-refractivity contribution >= 4 is 23.2 Å². The smallest absolute Gasteiger partial charge is 0.411 e. The normalized spacial score (nSPS) is 11.4. The molecule has 0 heterocycles. The van der Waals surface area contributed by atoms with Gasteiger partial charge >= 0.3 is 6.09 Å². The van der Waals surface area contributed by atoms with E-state index in [1.165, 1.54) is 0 Å². The number of nitro groups is 2. The lowest BCUT2D eigenvalue weighted by Crippen LogP contribution is -2.20. The Morgan fingerprint density at radius 3 is 2.19 bits per heavy atom. The second kappa shape index (κ2) is 8.56. The van der Waals surface area contributed by atoms with Gasteiger partial charge in [-0.1, -0.05) is 30.3 Å². The molecule has 0 radical (unpaired) electrons. The number of nitrogens with zero attached hydrogens (tertiary/aromatic N) is 2. The molecule has 136 valence electrons. The van der Waals surface area contributed by atoms with Crippen LogP contribution in [0.25, 0.3) is 0 Å². The Balaban J connectivity index is 1.96. The van der Waals surface area contributed by atoms with Gasteiger partial charge in [0.1, 0.15) is 6.10 Å². The number of non-ortho nitro benzene ring substituents is 2. The summed E-state index contributed by atoms with van der Waals surface area (Å²) in [6, 6.07) is 12.6. The molecule has 1 amide bonds. The minimum atomic E-state index is -0.833. The van der Waals surface area contributed by atoms with E-state index in [9.17, 15) is 25.0 Å². The van der Waals surface area contributed by atoms with Crippen molar-refractivity contribution in [1.29, 1.82) is 0 Å². The van der Waals surface area contributed by atoms with Crippen molar-refractivity contribution < 1.29 is 19.4 Å². The van der Waals surface area contributed by atoms with Crippen LogP contribution in [0.1, 0.15) is 18.9 Å². The van der Waals surface area contributed by atoms with Gasteiger partial charge in [0.2, 0.25) is 0 Å². The van der Waals surface area contributed by atoms with Crippen LogP contribution >= 0.6 is 0 Å². The van der Waals surface area contributed by atoms with E-state index >= 15 is 0 Å². The molecular weight excluding hydrogens is 342 g/mol. The van der Waals surface area contributed by atoms with Crippen LogP contribution in [0.15, 0.2) is 48.5 Å². The minimum Gasteiger partial charge on any atom is -0.446 e. The lowest BCUT2D eigenvalue weighted by Gasteiger charge is -2.14. The molecule has 0 spiro atoms. The third-order valence-corrected chi connectivity index (χ3v) is 3.56. The molecule has 26 heavy (non-hydrogen) atoms. The van der Waals surface area contributed by atoms with Crippen LogP contribution in [0.5, 0.6) is 0 Å². The predicted octanol–water partition coefficient (Wildman–Crippen LogP) is 4.07. The molecule has 9 nitrogen and oxygen atoms in total. The van der Waals surface area contributed by atoms with Crippen molar-refractivity contribution in [3.63, 3.8) is 0 Å². The van der Waals surface area contributed by atoms with Gasteiger partial charge in [-0.3, -0.25) is 25.5 Å². The van der Waals surface area contributed by atoms with E-state index in [-0.39, 0.29) is 5.69 Å². The van der Waals surface area contributed by atoms with Gasteiger partial charge in [0.05, 0.1) is 21.6 Å². The Kier molecular flexibility index (Phi) is 6.20. The van der Waals surface area contributed by atoms with Gasteiger partial charge in [-0.2, -0.15) is 0 Å². The zero-order chi connectivity index (χ0) is 19.1. The highest BCUT2D eigenvalue weighted by atomic mass is 16.6. The largest absolute Gasteiger partial charge is 0.446 e. The number of benzene rings is 2. The SMILES string of the molecule is CC(CCc1ccccc1)OC(=O)Nc1cc([N+](=O)[O-])cc([N+](=O)[O-])c1. The summed E-state index contributed by atoms with van der Waals surface area (Å²) in [5, 5.41) is 24.0. The highest BCUT2D eigenvalue weighted by Gasteiger charge is 2.18. The molecule has 1 unspecified atom stereocenters. The van der Waals surface area contributed by atoms with Crippen molar-refractivity contribution in [2.45, 2.75) is 25.9 Å². The van der Waals surface area contributed by atoms with E-state index in [4.69, 9.17) is 4.74 Å². The molecule has 0 fully saturated rings. The van der Waals surface area contributed by atoms with Gasteiger partial charge in [0, 0.05) is 12.1 Å². The maximum absolute atomic E-state index is 11.9. The summed E-state index contributed by atoms with van der Waals surface area (Å²) < 4.78 is 5.19. The molecule has 0 bridgehead atoms. The van der Waals surface area contributed by atoms with Gasteiger partial charge in [-0.15, -0.1) is 0 Å². The Labute approximate surface area is 148 Å². The summed E-state index contributed by atoms with van der Waals surface area (Å²) in [6.07, 6.45) is 0.0774. The quantitative estimate of drug-likeness (QED) is 0.587. The fraction of sp³-hybridized carbons (Fsp3) is 0.235. The lowest BCUT2D eigenvalue weighted by molar-refractivity contribution is -0.394. The summed E-state index contributed by atoms with van der Waals surface area (Å²) in [5.74, 6) is 0. The topological polar surface area (TPSA) is 125 Å². The molecule has 0 saturated heterocycles. The number of nitro benzene ring substituents is 2. The standard InChI is InChI=1S/C17H17N3O6/c1-12(7-8-13-5-3-2-4-6-13)26-17(21)18-14-9-15(19(22)23)11-16(10-14)20(24)25/h2-6,9-12H,7-8H2,1H3,(H,18,21). The molecule has 2 aromatic rings. The van der Waals surface area contributed by atoms with Crippen LogP contribution in [-0.2, 0) is 11.2 Å². The third-order valence-electron chi connectivity index (χ3n) is 3.56. The monoisotopic (exact) mass is 359 g/mol. The van der Waals surface area contributed by atoms with Crippen molar-refractivity contribution in [2.24, 2.45) is 0 Å². The second-order valence-electron chi connectivity index (χ2n) is 5.62. The zero-order valence-electron chi connectivity index (χ0n) is 14.0. The first kappa shape index (κ1) is 18.8. The van der Waals surface area contributed by atoms with Gasteiger partial charge in [-0.25, -0.2) is 4.79 Å². The molecule has 1 atom stereocenters. The molecule has 0 aromatic heterocycles. The maximum Gasteiger partial charge on any atom is 0.411 e. The molecule has 0 aliphatic heterocycles. The average Bonchev–Trinajstić information content (AvgIpc) is 2.60. The van der Waals surface area contributed by atoms with E-state index in [0.29, 0.717) is 6.42 Å². The Morgan fingerprint density at radius 2 is 1.65 bits per heavy atom. The number of carbonyl (C=O) groups is 1. The van der Waals surface area contributed by atoms with Gasteiger partial charge in [0.25, 0.3) is 11.4 Å². The molecule has 2 aromatic carbocycles. The summed E-state index contributed by atoms with van der Waals surface area (Å²) in [6.45, 7) is 1.72. The maximum atomic E-state index is 11.9. The van der Waals surface area contributed by atoms with Crippen LogP contribution in [-0.4, -0.2) is 22.0 Å². The van der Waals surface area contributed by atoms with Gasteiger partial charge in [0.15, 0.2) is 0 Å². The van der Waals surface area contributed by atoms with Crippen molar-refractivity contribution in [3.05, 3.63) is 74.3 Å². The molecule has 0 aliphatic rings. The number of hydrogen-bond acceptors (Lipinski definition) is 6. The van der Waals surface area contributed by atoms with Crippen molar-refractivity contribution in [3.8, 4) is 0 Å². The van der Waals surface area contributed by atoms with Crippen LogP contribution in [0.4, 0.5) is 21.9 Å². The first-order valence-electron chi connectivity index (χ1n) is 7.80. The minimum absolute atomic E-state index is 0.0776. The highest BCUT2D eigenvalue weighted by Crippen LogP contribution is 2.26. The highest BCUT2D eigenvalue weighted by molar-refractivity contribution is 5.85. The van der Waals surface area contributed by atoms with E-state index < -0.39 is 33.4 Å². The zero-order valence-corrected chi connectivity index (χ0v) is 14.0. The number of rotatable bonds is 7. The number of ether oxygens (including phenoxy) is 1. The van der Waals surface area contributed by atoms with Gasteiger partial charge < -0.3 is 4.74 Å². The number of hydrogen-bond donors (Lipinski definition) is 1. The van der Waals surface area contributed by atoms with Crippen molar-refractivity contribution in [1.82, 2.24) is 0 Å². The summed E-state index contributed by atoms with van der Waals surface area (Å²) in [7, 11) is 0. The summed E-state index contributed by atoms with van der Waals surface area (Å²) in [5.41, 5.74) is 0.0436. The number of carbonyl (C=O) groups excluding carboxylic acids is 1. The van der Waals surface area contributed by atoms with Crippen LogP contribution in [0, 0.1) is 20.2 Å². The van der Waals surface area contributed by atoms with Crippen LogP contribution in [0.3, 0.4) is 0 Å². The van der Waals surface area contributed by atoms with Crippen LogP contribution < -0.4 is 5.32 Å². The van der Waals surface area contributed by atoms with E-state index in [1.54, 1.807) is 6.92 Å². The number of amides is 1. The fourth-order valence-electron chi connectivity index (χ4n) is 2.28. The fourth-order valence-corrected chi connectivity index (χ4v) is 2.28. The summed E-state index contributed by atoms with van der Waals surface area (Å²) in [4.78, 5) is 32.1. The number of anilines is 1. The lowest BCUT2D eigenvalue weighted by atomic mass is 10.1. The molecule has 2 rings (SSSR count). The molecule has 0 aliphatic carbocycles. The summed E-state index contributed by atoms with van der Waals surface area (Å²) >= 11 is 0. The van der Waals surface area contributed by atoms with E-state index in [1.807, 2.05) is 30.3 Å². The Bertz CT molecular complexity index is 777. The Morgan fingerprint density at radius 1 is 1.08 bits per heavy atom. The van der Waals surface area contributed by atoms with E-state index in [2.05, 4.69) is 5.32 Å². The molecule has 9 heteroatoms. The van der Waals surface area contributed by atoms with Crippen LogP contribution in [0.2, 0.25) is 0 Å². The van der Waals surface area contributed by atoms with E-state index in [0.717, 1.165) is 30.2 Å². The number of nitrogens with one attached hydrogen (secondary N) is 1. The third kappa shape index (κ3) is 5.55. The second-order valence-corrected chi connectivity index (χ2v) is 5.62. The molecule has 0 saturated carbocycles. The number of aryl methyl sites for hydroxylation is 1. The Hall–Kier alpha value is -3.49. The molecular formula is C17H17N3O6. The van der Waals surface area contributed by atoms with Crippen molar-refractivity contribution in [2.75, 3.05) is 5.32 Å². The predicted molar refractivity (Wildman–Crippen MR) is 94.1 cm³/mol. The average molecular weight is 359 g/mol.